The number of hydrogen-bond acceptors (Lipinski definition) is 4. The fourth-order valence-electron chi connectivity index (χ4n) is 3.88. The summed E-state index contributed by atoms with van der Waals surface area (Å²) in [6, 6.07) is 12.1. The van der Waals surface area contributed by atoms with E-state index in [1.54, 1.807) is 30.6 Å². The van der Waals surface area contributed by atoms with E-state index in [0.717, 1.165) is 33.1 Å². The quantitative estimate of drug-likeness (QED) is 0.521. The molecule has 1 aromatic carbocycles. The Morgan fingerprint density at radius 2 is 1.84 bits per heavy atom. The van der Waals surface area contributed by atoms with E-state index >= 15 is 0 Å². The van der Waals surface area contributed by atoms with Crippen molar-refractivity contribution >= 4 is 29.6 Å². The molecule has 4 amide bonds. The van der Waals surface area contributed by atoms with Crippen molar-refractivity contribution in [1.29, 1.82) is 0 Å². The normalized spacial score (nSPS) is 15.5. The number of anilines is 1. The summed E-state index contributed by atoms with van der Waals surface area (Å²) in [4.78, 5) is 43.5. The number of imide groups is 2. The van der Waals surface area contributed by atoms with Crippen LogP contribution in [0.25, 0.3) is 11.8 Å². The van der Waals surface area contributed by atoms with Crippen LogP contribution in [-0.2, 0) is 16.0 Å². The van der Waals surface area contributed by atoms with E-state index in [1.807, 2.05) is 55.7 Å². The molecule has 1 fully saturated rings. The van der Waals surface area contributed by atoms with Gasteiger partial charge in [0.25, 0.3) is 11.8 Å². The highest BCUT2D eigenvalue weighted by atomic mass is 16.2. The molecule has 0 atom stereocenters. The standard InChI is InChI=1S/C24H22N4O3/c1-4-17-8-5-6-10-21(17)28-23(30)20(22(29)26-24(28)31)13-18-12-15(2)27(16(18)3)19-9-7-11-25-14-19/h5-14H,4H2,1-3H3,(H,26,29,31). The number of urea groups is 1. The van der Waals surface area contributed by atoms with E-state index in [0.29, 0.717) is 12.1 Å². The van der Waals surface area contributed by atoms with Crippen molar-refractivity contribution in [3.05, 3.63) is 82.9 Å². The van der Waals surface area contributed by atoms with E-state index in [1.165, 1.54) is 0 Å². The monoisotopic (exact) mass is 414 g/mol. The van der Waals surface area contributed by atoms with Gasteiger partial charge in [-0.25, -0.2) is 9.69 Å². The van der Waals surface area contributed by atoms with Crippen molar-refractivity contribution in [2.75, 3.05) is 4.90 Å². The summed E-state index contributed by atoms with van der Waals surface area (Å²) in [5.41, 5.74) is 4.63. The highest BCUT2D eigenvalue weighted by Crippen LogP contribution is 2.27. The lowest BCUT2D eigenvalue weighted by atomic mass is 10.0. The van der Waals surface area contributed by atoms with Crippen molar-refractivity contribution in [2.45, 2.75) is 27.2 Å². The Hall–Kier alpha value is -4.00. The maximum absolute atomic E-state index is 13.3. The highest BCUT2D eigenvalue weighted by molar-refractivity contribution is 6.39. The zero-order chi connectivity index (χ0) is 22.1. The predicted octanol–water partition coefficient (Wildman–Crippen LogP) is 3.72. The van der Waals surface area contributed by atoms with Crippen molar-refractivity contribution in [2.24, 2.45) is 0 Å². The first kappa shape index (κ1) is 20.3. The lowest BCUT2D eigenvalue weighted by Crippen LogP contribution is -2.54. The zero-order valence-electron chi connectivity index (χ0n) is 17.5. The van der Waals surface area contributed by atoms with Crippen LogP contribution in [0.15, 0.2) is 60.4 Å². The van der Waals surface area contributed by atoms with Gasteiger partial charge in [-0.05, 0) is 61.7 Å². The second-order valence-electron chi connectivity index (χ2n) is 7.31. The van der Waals surface area contributed by atoms with Crippen LogP contribution in [0, 0.1) is 13.8 Å². The summed E-state index contributed by atoms with van der Waals surface area (Å²) >= 11 is 0. The van der Waals surface area contributed by atoms with Gasteiger partial charge in [0, 0.05) is 17.6 Å². The summed E-state index contributed by atoms with van der Waals surface area (Å²) in [6.45, 7) is 5.80. The fourth-order valence-corrected chi connectivity index (χ4v) is 3.88. The topological polar surface area (TPSA) is 84.3 Å². The second-order valence-corrected chi connectivity index (χ2v) is 7.31. The molecule has 1 aliphatic heterocycles. The lowest BCUT2D eigenvalue weighted by molar-refractivity contribution is -0.122. The van der Waals surface area contributed by atoms with Gasteiger partial charge in [-0.1, -0.05) is 25.1 Å². The number of nitrogens with one attached hydrogen (secondary N) is 1. The number of aromatic nitrogens is 2. The van der Waals surface area contributed by atoms with Crippen LogP contribution in [0.2, 0.25) is 0 Å². The molecule has 156 valence electrons. The lowest BCUT2D eigenvalue weighted by Gasteiger charge is -2.27. The average molecular weight is 414 g/mol. The van der Waals surface area contributed by atoms with Crippen LogP contribution in [0.1, 0.15) is 29.4 Å². The summed E-state index contributed by atoms with van der Waals surface area (Å²) in [6.07, 6.45) is 5.64. The van der Waals surface area contributed by atoms with Gasteiger partial charge in [-0.3, -0.25) is 19.9 Å². The van der Waals surface area contributed by atoms with Crippen molar-refractivity contribution in [1.82, 2.24) is 14.9 Å². The molecule has 7 nitrogen and oxygen atoms in total. The maximum Gasteiger partial charge on any atom is 0.335 e. The summed E-state index contributed by atoms with van der Waals surface area (Å²) < 4.78 is 2.00. The zero-order valence-corrected chi connectivity index (χ0v) is 17.5. The maximum atomic E-state index is 13.3. The first-order chi connectivity index (χ1) is 14.9. The Morgan fingerprint density at radius 3 is 2.55 bits per heavy atom. The van der Waals surface area contributed by atoms with E-state index in [-0.39, 0.29) is 5.57 Å². The smallest absolute Gasteiger partial charge is 0.316 e. The van der Waals surface area contributed by atoms with Crippen LogP contribution < -0.4 is 10.2 Å². The largest absolute Gasteiger partial charge is 0.335 e. The Labute approximate surface area is 180 Å². The number of barbiturate groups is 1. The number of rotatable bonds is 4. The van der Waals surface area contributed by atoms with Gasteiger partial charge < -0.3 is 4.57 Å². The summed E-state index contributed by atoms with van der Waals surface area (Å²) in [5.74, 6) is -1.34. The first-order valence-corrected chi connectivity index (χ1v) is 10.0. The molecule has 1 aliphatic rings. The Balaban J connectivity index is 1.78. The van der Waals surface area contributed by atoms with Gasteiger partial charge in [0.05, 0.1) is 17.6 Å². The molecule has 0 bridgehead atoms. The predicted molar refractivity (Wildman–Crippen MR) is 118 cm³/mol. The van der Waals surface area contributed by atoms with Crippen LogP contribution in [0.3, 0.4) is 0 Å². The molecule has 1 N–H and O–H groups in total. The van der Waals surface area contributed by atoms with Crippen molar-refractivity contribution in [3.8, 4) is 5.69 Å². The number of pyridine rings is 1. The first-order valence-electron chi connectivity index (χ1n) is 10.0. The third kappa shape index (κ3) is 3.54. The molecule has 3 heterocycles. The molecule has 0 radical (unpaired) electrons. The third-order valence-corrected chi connectivity index (χ3v) is 5.39. The Bertz CT molecular complexity index is 1220. The second kappa shape index (κ2) is 8.02. The van der Waals surface area contributed by atoms with Gasteiger partial charge >= 0.3 is 6.03 Å². The molecule has 0 spiro atoms. The molecule has 31 heavy (non-hydrogen) atoms. The molecular formula is C24H22N4O3. The Kier molecular flexibility index (Phi) is 5.25. The molecule has 1 saturated heterocycles. The van der Waals surface area contributed by atoms with Gasteiger partial charge in [-0.15, -0.1) is 0 Å². The van der Waals surface area contributed by atoms with Crippen molar-refractivity contribution < 1.29 is 14.4 Å². The summed E-state index contributed by atoms with van der Waals surface area (Å²) in [7, 11) is 0. The fraction of sp³-hybridized carbons (Fsp3) is 0.167. The molecule has 3 aromatic rings. The van der Waals surface area contributed by atoms with Crippen LogP contribution in [0.4, 0.5) is 10.5 Å². The molecule has 0 saturated carbocycles. The number of amides is 4. The number of carbonyl (C=O) groups is 3. The van der Waals surface area contributed by atoms with Gasteiger partial charge in [0.2, 0.25) is 0 Å². The molecule has 7 heteroatoms. The minimum Gasteiger partial charge on any atom is -0.316 e. The van der Waals surface area contributed by atoms with E-state index in [9.17, 15) is 14.4 Å². The van der Waals surface area contributed by atoms with Crippen molar-refractivity contribution in [3.63, 3.8) is 0 Å². The minimum atomic E-state index is -0.742. The third-order valence-electron chi connectivity index (χ3n) is 5.39. The summed E-state index contributed by atoms with van der Waals surface area (Å²) in [5, 5.41) is 2.29. The highest BCUT2D eigenvalue weighted by Gasteiger charge is 2.37. The average Bonchev–Trinajstić information content (AvgIpc) is 3.04. The van der Waals surface area contributed by atoms with E-state index in [2.05, 4.69) is 10.3 Å². The number of carbonyl (C=O) groups excluding carboxylic acids is 3. The van der Waals surface area contributed by atoms with Gasteiger partial charge in [0.1, 0.15) is 5.57 Å². The molecule has 2 aromatic heterocycles. The number of aryl methyl sites for hydroxylation is 2. The van der Waals surface area contributed by atoms with E-state index in [4.69, 9.17) is 0 Å². The number of nitrogens with zero attached hydrogens (tertiary/aromatic N) is 3. The van der Waals surface area contributed by atoms with Gasteiger partial charge in [0.15, 0.2) is 0 Å². The molecule has 0 aliphatic carbocycles. The number of benzene rings is 1. The molecular weight excluding hydrogens is 392 g/mol. The molecule has 0 unspecified atom stereocenters. The number of para-hydroxylation sites is 1. The Morgan fingerprint density at radius 1 is 1.06 bits per heavy atom. The molecule has 4 rings (SSSR count). The van der Waals surface area contributed by atoms with Crippen LogP contribution in [-0.4, -0.2) is 27.4 Å². The van der Waals surface area contributed by atoms with Crippen LogP contribution >= 0.6 is 0 Å². The minimum absolute atomic E-state index is 0.0862. The van der Waals surface area contributed by atoms with Gasteiger partial charge in [-0.2, -0.15) is 0 Å². The van der Waals surface area contributed by atoms with Crippen LogP contribution in [0.5, 0.6) is 0 Å². The number of hydrogen-bond donors (Lipinski definition) is 1. The SMILES string of the molecule is CCc1ccccc1N1C(=O)NC(=O)C(=Cc2cc(C)n(-c3cccnc3)c2C)C1=O. The van der Waals surface area contributed by atoms with E-state index < -0.39 is 17.8 Å².